The number of rotatable bonds is 8. The zero-order chi connectivity index (χ0) is 25.6. The summed E-state index contributed by atoms with van der Waals surface area (Å²) in [7, 11) is 0. The zero-order valence-corrected chi connectivity index (χ0v) is 21.9. The Balaban J connectivity index is 1.25. The van der Waals surface area contributed by atoms with E-state index < -0.39 is 6.04 Å². The Bertz CT molecular complexity index is 999. The Labute approximate surface area is 219 Å². The van der Waals surface area contributed by atoms with Gasteiger partial charge in [0, 0.05) is 26.2 Å². The van der Waals surface area contributed by atoms with Crippen LogP contribution in [-0.4, -0.2) is 79.6 Å². The molecule has 0 radical (unpaired) electrons. The Hall–Kier alpha value is -2.45. The van der Waals surface area contributed by atoms with Crippen molar-refractivity contribution in [2.24, 2.45) is 23.2 Å². The maximum absolute atomic E-state index is 14.5. The lowest BCUT2D eigenvalue weighted by atomic mass is 9.49. The second kappa shape index (κ2) is 10.0. The van der Waals surface area contributed by atoms with E-state index in [-0.39, 0.29) is 29.6 Å². The molecule has 1 unspecified atom stereocenters. The number of benzene rings is 1. The van der Waals surface area contributed by atoms with Gasteiger partial charge in [0.15, 0.2) is 0 Å². The molecule has 37 heavy (non-hydrogen) atoms. The number of nitrogens with zero attached hydrogens (tertiary/aromatic N) is 3. The highest BCUT2D eigenvalue weighted by Gasteiger charge is 2.57. The minimum Gasteiger partial charge on any atom is -0.494 e. The molecule has 1 atom stereocenters. The van der Waals surface area contributed by atoms with E-state index in [2.05, 4.69) is 4.90 Å². The van der Waals surface area contributed by atoms with Crippen molar-refractivity contribution in [3.05, 3.63) is 24.3 Å². The van der Waals surface area contributed by atoms with Gasteiger partial charge in [-0.2, -0.15) is 0 Å². The first-order chi connectivity index (χ1) is 18.0. The molecule has 0 N–H and O–H groups in total. The summed E-state index contributed by atoms with van der Waals surface area (Å²) >= 11 is 0. The lowest BCUT2D eigenvalue weighted by molar-refractivity contribution is -0.162. The molecule has 4 aliphatic carbocycles. The van der Waals surface area contributed by atoms with Crippen LogP contribution in [0, 0.1) is 23.2 Å². The molecule has 7 rings (SSSR count). The number of morpholine rings is 1. The van der Waals surface area contributed by atoms with Gasteiger partial charge in [-0.05, 0) is 87.5 Å². The van der Waals surface area contributed by atoms with Gasteiger partial charge in [0.05, 0.1) is 37.3 Å². The molecule has 2 aliphatic heterocycles. The third-order valence-corrected chi connectivity index (χ3v) is 9.42. The van der Waals surface area contributed by atoms with Crippen LogP contribution in [0.3, 0.4) is 0 Å². The summed E-state index contributed by atoms with van der Waals surface area (Å²) < 4.78 is 11.0. The van der Waals surface area contributed by atoms with Crippen molar-refractivity contribution in [2.75, 3.05) is 50.9 Å². The van der Waals surface area contributed by atoms with Gasteiger partial charge in [-0.1, -0.05) is 0 Å². The smallest absolute Gasteiger partial charge is 0.257 e. The van der Waals surface area contributed by atoms with Crippen molar-refractivity contribution in [2.45, 2.75) is 57.9 Å². The second-order valence-electron chi connectivity index (χ2n) is 11.9. The number of anilines is 1. The van der Waals surface area contributed by atoms with Gasteiger partial charge >= 0.3 is 0 Å². The van der Waals surface area contributed by atoms with E-state index in [1.54, 1.807) is 24.3 Å². The molecule has 2 saturated heterocycles. The average molecular weight is 510 g/mol. The van der Waals surface area contributed by atoms with Gasteiger partial charge in [0.1, 0.15) is 11.8 Å². The number of hydrogen-bond donors (Lipinski definition) is 0. The lowest BCUT2D eigenvalue weighted by Gasteiger charge is -2.57. The highest BCUT2D eigenvalue weighted by Crippen LogP contribution is 2.60. The standard InChI is InChI=1S/C29H39N3O5/c1-2-37-24-5-3-23(4-6-24)32-26(33)16-25(27(32)34)31(8-7-30-9-11-36-12-10-30)28(35)29-17-20-13-21(18-29)15-22(14-20)19-29/h3-6,20-22,25H,2,7-19H2,1H3. The molecule has 4 bridgehead atoms. The highest BCUT2D eigenvalue weighted by molar-refractivity contribution is 6.23. The van der Waals surface area contributed by atoms with Crippen LogP contribution >= 0.6 is 0 Å². The van der Waals surface area contributed by atoms with Crippen LogP contribution in [0.25, 0.3) is 0 Å². The molecule has 6 aliphatic rings. The number of ether oxygens (including phenoxy) is 2. The molecule has 0 aromatic heterocycles. The van der Waals surface area contributed by atoms with Crippen molar-refractivity contribution < 1.29 is 23.9 Å². The summed E-state index contributed by atoms with van der Waals surface area (Å²) in [5, 5.41) is 0. The van der Waals surface area contributed by atoms with Gasteiger partial charge in [0.25, 0.3) is 5.91 Å². The Kier molecular flexibility index (Phi) is 6.74. The quantitative estimate of drug-likeness (QED) is 0.501. The van der Waals surface area contributed by atoms with Crippen LogP contribution in [-0.2, 0) is 19.1 Å². The molecular formula is C29H39N3O5. The summed E-state index contributed by atoms with van der Waals surface area (Å²) in [6.07, 6.45) is 6.66. The van der Waals surface area contributed by atoms with E-state index in [9.17, 15) is 14.4 Å². The van der Waals surface area contributed by atoms with Gasteiger partial charge in [0.2, 0.25) is 11.8 Å². The van der Waals surface area contributed by atoms with E-state index in [4.69, 9.17) is 9.47 Å². The fourth-order valence-electron chi connectivity index (χ4n) is 8.14. The molecule has 6 fully saturated rings. The van der Waals surface area contributed by atoms with Crippen LogP contribution < -0.4 is 9.64 Å². The number of imide groups is 1. The Morgan fingerprint density at radius 2 is 1.65 bits per heavy atom. The van der Waals surface area contributed by atoms with Crippen molar-refractivity contribution in [3.63, 3.8) is 0 Å². The largest absolute Gasteiger partial charge is 0.494 e. The first-order valence-electron chi connectivity index (χ1n) is 14.2. The number of carbonyl (C=O) groups is 3. The van der Waals surface area contributed by atoms with Crippen LogP contribution in [0.4, 0.5) is 5.69 Å². The molecule has 4 saturated carbocycles. The molecular weight excluding hydrogens is 470 g/mol. The molecule has 2 heterocycles. The number of hydrogen-bond acceptors (Lipinski definition) is 6. The predicted molar refractivity (Wildman–Crippen MR) is 138 cm³/mol. The molecule has 1 aromatic carbocycles. The molecule has 200 valence electrons. The van der Waals surface area contributed by atoms with Crippen LogP contribution in [0.2, 0.25) is 0 Å². The molecule has 0 spiro atoms. The van der Waals surface area contributed by atoms with E-state index >= 15 is 0 Å². The van der Waals surface area contributed by atoms with Gasteiger partial charge in [-0.25, -0.2) is 4.90 Å². The number of carbonyl (C=O) groups excluding carboxylic acids is 3. The zero-order valence-electron chi connectivity index (χ0n) is 21.9. The van der Waals surface area contributed by atoms with Crippen molar-refractivity contribution >= 4 is 23.4 Å². The van der Waals surface area contributed by atoms with Crippen LogP contribution in [0.1, 0.15) is 51.9 Å². The van der Waals surface area contributed by atoms with Crippen molar-refractivity contribution in [1.29, 1.82) is 0 Å². The fraction of sp³-hybridized carbons (Fsp3) is 0.690. The van der Waals surface area contributed by atoms with E-state index in [0.29, 0.717) is 62.1 Å². The maximum atomic E-state index is 14.5. The fourth-order valence-corrected chi connectivity index (χ4v) is 8.14. The lowest BCUT2D eigenvalue weighted by Crippen LogP contribution is -2.58. The predicted octanol–water partition coefficient (Wildman–Crippen LogP) is 3.09. The topological polar surface area (TPSA) is 79.4 Å². The molecule has 3 amide bonds. The van der Waals surface area contributed by atoms with Crippen molar-refractivity contribution in [1.82, 2.24) is 9.80 Å². The highest BCUT2D eigenvalue weighted by atomic mass is 16.5. The number of amides is 3. The second-order valence-corrected chi connectivity index (χ2v) is 11.9. The summed E-state index contributed by atoms with van der Waals surface area (Å²) in [6, 6.07) is 6.33. The molecule has 1 aromatic rings. The molecule has 8 nitrogen and oxygen atoms in total. The first kappa shape index (κ1) is 24.9. The van der Waals surface area contributed by atoms with Gasteiger partial charge < -0.3 is 14.4 Å². The third-order valence-electron chi connectivity index (χ3n) is 9.42. The summed E-state index contributed by atoms with van der Waals surface area (Å²) in [5.74, 6) is 2.21. The third kappa shape index (κ3) is 4.67. The molecule has 8 heteroatoms. The van der Waals surface area contributed by atoms with Crippen LogP contribution in [0.5, 0.6) is 5.75 Å². The van der Waals surface area contributed by atoms with E-state index in [1.165, 1.54) is 24.2 Å². The summed E-state index contributed by atoms with van der Waals surface area (Å²) in [5.41, 5.74) is 0.187. The SMILES string of the molecule is CCOc1ccc(N2C(=O)CC(N(CCN3CCOCC3)C(=O)C34CC5CC(CC(C5)C3)C4)C2=O)cc1. The Morgan fingerprint density at radius 1 is 1.03 bits per heavy atom. The van der Waals surface area contributed by atoms with Gasteiger partial charge in [-0.15, -0.1) is 0 Å². The average Bonchev–Trinajstić information content (AvgIpc) is 3.18. The minimum atomic E-state index is -0.736. The van der Waals surface area contributed by atoms with E-state index in [0.717, 1.165) is 32.4 Å². The summed E-state index contributed by atoms with van der Waals surface area (Å²) in [4.78, 5) is 46.8. The summed E-state index contributed by atoms with van der Waals surface area (Å²) in [6.45, 7) is 6.67. The minimum absolute atomic E-state index is 0.0489. The first-order valence-corrected chi connectivity index (χ1v) is 14.2. The monoisotopic (exact) mass is 509 g/mol. The van der Waals surface area contributed by atoms with E-state index in [1.807, 2.05) is 11.8 Å². The van der Waals surface area contributed by atoms with Gasteiger partial charge in [-0.3, -0.25) is 19.3 Å². The maximum Gasteiger partial charge on any atom is 0.257 e. The Morgan fingerprint density at radius 3 is 2.24 bits per heavy atom. The van der Waals surface area contributed by atoms with Crippen molar-refractivity contribution in [3.8, 4) is 5.75 Å². The normalized spacial score (nSPS) is 33.3. The van der Waals surface area contributed by atoms with Crippen LogP contribution in [0.15, 0.2) is 24.3 Å².